The average Bonchev–Trinajstić information content (AvgIpc) is 2.88. The number of aromatic amines is 1. The van der Waals surface area contributed by atoms with Crippen molar-refractivity contribution >= 4 is 17.0 Å². The van der Waals surface area contributed by atoms with Gasteiger partial charge in [0.05, 0.1) is 0 Å². The fourth-order valence-electron chi connectivity index (χ4n) is 2.32. The van der Waals surface area contributed by atoms with Crippen molar-refractivity contribution in [2.45, 2.75) is 13.5 Å². The molecule has 0 bridgehead atoms. The Hall–Kier alpha value is -2.68. The molecule has 3 heteroatoms. The van der Waals surface area contributed by atoms with Crippen LogP contribution in [0.2, 0.25) is 0 Å². The van der Waals surface area contributed by atoms with Crippen LogP contribution in [0.3, 0.4) is 0 Å². The molecule has 2 aromatic carbocycles. The number of hydrogen-bond donors (Lipinski definition) is 2. The third kappa shape index (κ3) is 3.08. The zero-order chi connectivity index (χ0) is 14.7. The molecule has 0 saturated heterocycles. The number of H-pyrrole nitrogens is 1. The highest BCUT2D eigenvalue weighted by atomic mass is 16.5. The molecular formula is C18H18N2O. The number of ether oxygens (including phenoxy) is 1. The largest absolute Gasteiger partial charge is 0.489 e. The molecule has 0 aliphatic rings. The minimum Gasteiger partial charge on any atom is -0.489 e. The predicted molar refractivity (Wildman–Crippen MR) is 86.9 cm³/mol. The van der Waals surface area contributed by atoms with Crippen LogP contribution < -0.4 is 10.5 Å². The van der Waals surface area contributed by atoms with Gasteiger partial charge in [0.1, 0.15) is 12.4 Å². The zero-order valence-corrected chi connectivity index (χ0v) is 12.0. The van der Waals surface area contributed by atoms with Gasteiger partial charge in [0.2, 0.25) is 0 Å². The molecule has 3 nitrogen and oxygen atoms in total. The molecule has 0 fully saturated rings. The smallest absolute Gasteiger partial charge is 0.120 e. The van der Waals surface area contributed by atoms with E-state index in [4.69, 9.17) is 10.5 Å². The number of nitrogens with two attached hydrogens (primary N) is 1. The first-order chi connectivity index (χ1) is 10.2. The summed E-state index contributed by atoms with van der Waals surface area (Å²) in [5, 5.41) is 1.12. The number of aromatic nitrogens is 1. The van der Waals surface area contributed by atoms with E-state index in [2.05, 4.69) is 17.1 Å². The molecule has 0 spiro atoms. The van der Waals surface area contributed by atoms with Gasteiger partial charge in [0.15, 0.2) is 0 Å². The van der Waals surface area contributed by atoms with Gasteiger partial charge in [-0.15, -0.1) is 0 Å². The molecule has 0 aliphatic heterocycles. The van der Waals surface area contributed by atoms with Crippen LogP contribution >= 0.6 is 0 Å². The Bertz CT molecular complexity index is 768. The Kier molecular flexibility index (Phi) is 3.65. The molecule has 0 unspecified atom stereocenters. The Morgan fingerprint density at radius 3 is 2.76 bits per heavy atom. The summed E-state index contributed by atoms with van der Waals surface area (Å²) in [5.41, 5.74) is 9.86. The summed E-state index contributed by atoms with van der Waals surface area (Å²) in [6.07, 6.45) is 3.92. The highest BCUT2D eigenvalue weighted by Crippen LogP contribution is 2.25. The fourth-order valence-corrected chi connectivity index (χ4v) is 2.32. The molecule has 0 aliphatic carbocycles. The molecule has 21 heavy (non-hydrogen) atoms. The Morgan fingerprint density at radius 1 is 1.19 bits per heavy atom. The lowest BCUT2D eigenvalue weighted by molar-refractivity contribution is 0.306. The van der Waals surface area contributed by atoms with Crippen LogP contribution in [0.4, 0.5) is 0 Å². The summed E-state index contributed by atoms with van der Waals surface area (Å²) in [7, 11) is 0. The van der Waals surface area contributed by atoms with Crippen molar-refractivity contribution in [3.63, 3.8) is 0 Å². The molecule has 3 N–H and O–H groups in total. The number of nitrogens with one attached hydrogen (secondary N) is 1. The SMILES string of the molecule is C/C(N)=C/c1c[nH]c2ccc(OCc3ccccc3)cc12. The first kappa shape index (κ1) is 13.3. The molecule has 106 valence electrons. The van der Waals surface area contributed by atoms with Gasteiger partial charge in [-0.3, -0.25) is 0 Å². The lowest BCUT2D eigenvalue weighted by atomic mass is 10.1. The van der Waals surface area contributed by atoms with Crippen LogP contribution in [-0.2, 0) is 6.61 Å². The van der Waals surface area contributed by atoms with E-state index in [1.54, 1.807) is 0 Å². The van der Waals surface area contributed by atoms with E-state index in [1.165, 1.54) is 0 Å². The van der Waals surface area contributed by atoms with Gasteiger partial charge in [0, 0.05) is 28.4 Å². The van der Waals surface area contributed by atoms with Gasteiger partial charge in [-0.25, -0.2) is 0 Å². The second-order valence-corrected chi connectivity index (χ2v) is 5.11. The highest BCUT2D eigenvalue weighted by molar-refractivity contribution is 5.90. The number of hydrogen-bond acceptors (Lipinski definition) is 2. The minimum absolute atomic E-state index is 0.567. The number of fused-ring (bicyclic) bond motifs is 1. The van der Waals surface area contributed by atoms with Gasteiger partial charge >= 0.3 is 0 Å². The lowest BCUT2D eigenvalue weighted by Crippen LogP contribution is -1.94. The molecule has 0 amide bonds. The van der Waals surface area contributed by atoms with E-state index >= 15 is 0 Å². The topological polar surface area (TPSA) is 51.0 Å². The van der Waals surface area contributed by atoms with Crippen LogP contribution in [0, 0.1) is 0 Å². The van der Waals surface area contributed by atoms with Crippen molar-refractivity contribution in [3.05, 3.63) is 71.6 Å². The van der Waals surface area contributed by atoms with E-state index in [9.17, 15) is 0 Å². The minimum atomic E-state index is 0.567. The van der Waals surface area contributed by atoms with Crippen LogP contribution in [0.5, 0.6) is 5.75 Å². The number of benzene rings is 2. The maximum atomic E-state index is 5.86. The van der Waals surface area contributed by atoms with Gasteiger partial charge in [0.25, 0.3) is 0 Å². The van der Waals surface area contributed by atoms with Crippen molar-refractivity contribution in [3.8, 4) is 5.75 Å². The first-order valence-corrected chi connectivity index (χ1v) is 6.94. The van der Waals surface area contributed by atoms with Gasteiger partial charge in [-0.05, 0) is 36.8 Å². The molecule has 1 heterocycles. The summed E-state index contributed by atoms with van der Waals surface area (Å²) < 4.78 is 5.86. The third-order valence-electron chi connectivity index (χ3n) is 3.32. The van der Waals surface area contributed by atoms with Gasteiger partial charge in [-0.1, -0.05) is 30.3 Å². The normalized spacial score (nSPS) is 11.8. The third-order valence-corrected chi connectivity index (χ3v) is 3.32. The second-order valence-electron chi connectivity index (χ2n) is 5.11. The summed E-state index contributed by atoms with van der Waals surface area (Å²) in [5.74, 6) is 0.857. The summed E-state index contributed by atoms with van der Waals surface area (Å²) >= 11 is 0. The Balaban J connectivity index is 1.85. The van der Waals surface area contributed by atoms with Crippen molar-refractivity contribution in [2.75, 3.05) is 0 Å². The quantitative estimate of drug-likeness (QED) is 0.756. The summed E-state index contributed by atoms with van der Waals surface area (Å²) in [6, 6.07) is 16.2. The molecule has 0 atom stereocenters. The van der Waals surface area contributed by atoms with Crippen LogP contribution in [0.25, 0.3) is 17.0 Å². The predicted octanol–water partition coefficient (Wildman–Crippen LogP) is 4.07. The van der Waals surface area contributed by atoms with Crippen LogP contribution in [0.1, 0.15) is 18.1 Å². The van der Waals surface area contributed by atoms with Crippen molar-refractivity contribution in [2.24, 2.45) is 5.73 Å². The Morgan fingerprint density at radius 2 is 2.00 bits per heavy atom. The average molecular weight is 278 g/mol. The number of allylic oxidation sites excluding steroid dienone is 1. The summed E-state index contributed by atoms with van der Waals surface area (Å²) in [4.78, 5) is 3.24. The van der Waals surface area contributed by atoms with E-state index in [0.29, 0.717) is 6.61 Å². The van der Waals surface area contributed by atoms with Crippen LogP contribution in [0.15, 0.2) is 60.4 Å². The van der Waals surface area contributed by atoms with Crippen molar-refractivity contribution < 1.29 is 4.74 Å². The molecule has 0 saturated carbocycles. The number of rotatable bonds is 4. The highest BCUT2D eigenvalue weighted by Gasteiger charge is 2.04. The zero-order valence-electron chi connectivity index (χ0n) is 12.0. The van der Waals surface area contributed by atoms with Gasteiger partial charge in [-0.2, -0.15) is 0 Å². The first-order valence-electron chi connectivity index (χ1n) is 6.94. The fraction of sp³-hybridized carbons (Fsp3) is 0.111. The van der Waals surface area contributed by atoms with Gasteiger partial charge < -0.3 is 15.5 Å². The maximum absolute atomic E-state index is 5.86. The monoisotopic (exact) mass is 278 g/mol. The van der Waals surface area contributed by atoms with Crippen molar-refractivity contribution in [1.29, 1.82) is 0 Å². The van der Waals surface area contributed by atoms with Crippen molar-refractivity contribution in [1.82, 2.24) is 4.98 Å². The molecule has 1 aromatic heterocycles. The van der Waals surface area contributed by atoms with E-state index in [-0.39, 0.29) is 0 Å². The maximum Gasteiger partial charge on any atom is 0.120 e. The van der Waals surface area contributed by atoms with E-state index in [1.807, 2.05) is 55.6 Å². The summed E-state index contributed by atoms with van der Waals surface area (Å²) in [6.45, 7) is 2.45. The van der Waals surface area contributed by atoms with E-state index in [0.717, 1.165) is 33.5 Å². The second kappa shape index (κ2) is 5.75. The standard InChI is InChI=1S/C18H18N2O/c1-13(19)9-15-11-20-18-8-7-16(10-17(15)18)21-12-14-5-3-2-4-6-14/h2-11,20H,12,19H2,1H3/b13-9-. The molecule has 3 rings (SSSR count). The van der Waals surface area contributed by atoms with E-state index < -0.39 is 0 Å². The molecular weight excluding hydrogens is 260 g/mol. The molecule has 0 radical (unpaired) electrons. The molecule has 3 aromatic rings. The van der Waals surface area contributed by atoms with Crippen LogP contribution in [-0.4, -0.2) is 4.98 Å². The Labute approximate surface area is 124 Å². The lowest BCUT2D eigenvalue weighted by Gasteiger charge is -2.06.